The molecule has 2 aliphatic rings. The molecule has 0 amide bonds. The van der Waals surface area contributed by atoms with Gasteiger partial charge < -0.3 is 5.21 Å². The molecule has 0 spiro atoms. The average molecular weight is 212 g/mol. The Hall–Kier alpha value is -0.120. The van der Waals surface area contributed by atoms with Gasteiger partial charge in [0, 0.05) is 25.7 Å². The Bertz CT molecular complexity index is 178. The molecule has 3 nitrogen and oxygen atoms in total. The van der Waals surface area contributed by atoms with E-state index >= 15 is 0 Å². The molecule has 0 aromatic heterocycles. The van der Waals surface area contributed by atoms with E-state index in [1.54, 1.807) is 0 Å². The Morgan fingerprint density at radius 3 is 2.20 bits per heavy atom. The molecule has 1 aliphatic heterocycles. The highest BCUT2D eigenvalue weighted by atomic mass is 16.5. The molecule has 3 heteroatoms. The second-order valence-electron chi connectivity index (χ2n) is 4.99. The highest BCUT2D eigenvalue weighted by Crippen LogP contribution is 2.22. The standard InChI is InChI=1S/C12H24N2O/c15-14-9-5-8-13(10-11-14)12-6-3-1-2-4-7-12/h12,15H,1-11H2. The summed E-state index contributed by atoms with van der Waals surface area (Å²) < 4.78 is 0. The maximum atomic E-state index is 9.47. The molecule has 2 rings (SSSR count). The normalized spacial score (nSPS) is 28.6. The summed E-state index contributed by atoms with van der Waals surface area (Å²) >= 11 is 0. The molecule has 0 atom stereocenters. The maximum Gasteiger partial charge on any atom is 0.0366 e. The molecule has 1 saturated heterocycles. The predicted molar refractivity (Wildman–Crippen MR) is 61.0 cm³/mol. The predicted octanol–water partition coefficient (Wildman–Crippen LogP) is 2.11. The molecule has 0 bridgehead atoms. The molecule has 2 fully saturated rings. The molecule has 1 heterocycles. The summed E-state index contributed by atoms with van der Waals surface area (Å²) in [5, 5.41) is 11.0. The first-order valence-corrected chi connectivity index (χ1v) is 6.54. The molecule has 1 aliphatic carbocycles. The van der Waals surface area contributed by atoms with Gasteiger partial charge in [0.15, 0.2) is 0 Å². The van der Waals surface area contributed by atoms with E-state index in [2.05, 4.69) is 4.90 Å². The molecule has 88 valence electrons. The van der Waals surface area contributed by atoms with E-state index in [9.17, 15) is 5.21 Å². The van der Waals surface area contributed by atoms with Crippen molar-refractivity contribution in [3.8, 4) is 0 Å². The molecule has 0 aromatic rings. The van der Waals surface area contributed by atoms with E-state index in [0.29, 0.717) is 0 Å². The second kappa shape index (κ2) is 5.83. The summed E-state index contributed by atoms with van der Waals surface area (Å²) in [6.45, 7) is 3.92. The van der Waals surface area contributed by atoms with Crippen LogP contribution in [-0.4, -0.2) is 47.4 Å². The molecule has 15 heavy (non-hydrogen) atoms. The largest absolute Gasteiger partial charge is 0.314 e. The number of nitrogens with zero attached hydrogens (tertiary/aromatic N) is 2. The molecule has 0 unspecified atom stereocenters. The molecule has 0 aromatic carbocycles. The van der Waals surface area contributed by atoms with Gasteiger partial charge in [0.1, 0.15) is 0 Å². The summed E-state index contributed by atoms with van der Waals surface area (Å²) in [7, 11) is 0. The Balaban J connectivity index is 1.84. The van der Waals surface area contributed by atoms with Crippen LogP contribution in [0.2, 0.25) is 0 Å². The lowest BCUT2D eigenvalue weighted by Gasteiger charge is -2.29. The fourth-order valence-electron chi connectivity index (χ4n) is 2.91. The highest BCUT2D eigenvalue weighted by Gasteiger charge is 2.22. The minimum Gasteiger partial charge on any atom is -0.314 e. The monoisotopic (exact) mass is 212 g/mol. The molecule has 1 N–H and O–H groups in total. The summed E-state index contributed by atoms with van der Waals surface area (Å²) in [6.07, 6.45) is 9.55. The fraction of sp³-hybridized carbons (Fsp3) is 1.00. The summed E-state index contributed by atoms with van der Waals surface area (Å²) in [6, 6.07) is 0.805. The smallest absolute Gasteiger partial charge is 0.0366 e. The highest BCUT2D eigenvalue weighted by molar-refractivity contribution is 4.77. The molecule has 1 saturated carbocycles. The SMILES string of the molecule is ON1CCCN(C2CCCCCC2)CC1. The van der Waals surface area contributed by atoms with Gasteiger partial charge in [-0.3, -0.25) is 4.90 Å². The van der Waals surface area contributed by atoms with Crippen LogP contribution in [0.15, 0.2) is 0 Å². The van der Waals surface area contributed by atoms with Crippen LogP contribution in [0, 0.1) is 0 Å². The lowest BCUT2D eigenvalue weighted by molar-refractivity contribution is -0.0869. The quantitative estimate of drug-likeness (QED) is 0.674. The van der Waals surface area contributed by atoms with E-state index in [-0.39, 0.29) is 0 Å². The van der Waals surface area contributed by atoms with Crippen molar-refractivity contribution in [2.24, 2.45) is 0 Å². The second-order valence-corrected chi connectivity index (χ2v) is 4.99. The third kappa shape index (κ3) is 3.44. The van der Waals surface area contributed by atoms with Crippen LogP contribution in [0.3, 0.4) is 0 Å². The number of hydroxylamine groups is 2. The Morgan fingerprint density at radius 1 is 0.733 bits per heavy atom. The summed E-state index contributed by atoms with van der Waals surface area (Å²) in [5.41, 5.74) is 0. The summed E-state index contributed by atoms with van der Waals surface area (Å²) in [4.78, 5) is 2.61. The molecule has 0 radical (unpaired) electrons. The average Bonchev–Trinajstić information content (AvgIpc) is 2.59. The van der Waals surface area contributed by atoms with Crippen molar-refractivity contribution >= 4 is 0 Å². The van der Waals surface area contributed by atoms with Crippen molar-refractivity contribution < 1.29 is 5.21 Å². The first kappa shape index (κ1) is 11.4. The zero-order chi connectivity index (χ0) is 10.5. The van der Waals surface area contributed by atoms with Crippen LogP contribution in [-0.2, 0) is 0 Å². The number of rotatable bonds is 1. The lowest BCUT2D eigenvalue weighted by atomic mass is 10.1. The van der Waals surface area contributed by atoms with Gasteiger partial charge in [-0.1, -0.05) is 25.7 Å². The van der Waals surface area contributed by atoms with Crippen molar-refractivity contribution in [2.75, 3.05) is 26.2 Å². The van der Waals surface area contributed by atoms with Crippen LogP contribution in [0.4, 0.5) is 0 Å². The Morgan fingerprint density at radius 2 is 1.47 bits per heavy atom. The Labute approximate surface area is 93.0 Å². The number of hydrogen-bond acceptors (Lipinski definition) is 3. The van der Waals surface area contributed by atoms with Crippen molar-refractivity contribution in [3.63, 3.8) is 0 Å². The third-order valence-corrected chi connectivity index (χ3v) is 3.85. The fourth-order valence-corrected chi connectivity index (χ4v) is 2.91. The van der Waals surface area contributed by atoms with E-state index in [4.69, 9.17) is 0 Å². The van der Waals surface area contributed by atoms with Gasteiger partial charge in [-0.2, -0.15) is 5.06 Å². The van der Waals surface area contributed by atoms with Gasteiger partial charge in [0.05, 0.1) is 0 Å². The maximum absolute atomic E-state index is 9.47. The zero-order valence-corrected chi connectivity index (χ0v) is 9.70. The Kier molecular flexibility index (Phi) is 4.42. The van der Waals surface area contributed by atoms with Crippen molar-refractivity contribution in [1.82, 2.24) is 9.96 Å². The van der Waals surface area contributed by atoms with Crippen LogP contribution in [0.25, 0.3) is 0 Å². The van der Waals surface area contributed by atoms with Crippen molar-refractivity contribution in [1.29, 1.82) is 0 Å². The first-order chi connectivity index (χ1) is 7.36. The van der Waals surface area contributed by atoms with E-state index < -0.39 is 0 Å². The van der Waals surface area contributed by atoms with Crippen molar-refractivity contribution in [2.45, 2.75) is 51.0 Å². The van der Waals surface area contributed by atoms with Gasteiger partial charge >= 0.3 is 0 Å². The first-order valence-electron chi connectivity index (χ1n) is 6.54. The zero-order valence-electron chi connectivity index (χ0n) is 9.70. The van der Waals surface area contributed by atoms with E-state index in [1.807, 2.05) is 0 Å². The van der Waals surface area contributed by atoms with E-state index in [0.717, 1.165) is 32.1 Å². The number of hydrogen-bond donors (Lipinski definition) is 1. The third-order valence-electron chi connectivity index (χ3n) is 3.85. The van der Waals surface area contributed by atoms with Crippen LogP contribution < -0.4 is 0 Å². The minimum atomic E-state index is 0.805. The van der Waals surface area contributed by atoms with Gasteiger partial charge in [-0.25, -0.2) is 0 Å². The molecular weight excluding hydrogens is 188 g/mol. The van der Waals surface area contributed by atoms with Gasteiger partial charge in [0.25, 0.3) is 0 Å². The lowest BCUT2D eigenvalue weighted by Crippen LogP contribution is -2.37. The van der Waals surface area contributed by atoms with Gasteiger partial charge in [0.2, 0.25) is 0 Å². The van der Waals surface area contributed by atoms with Crippen molar-refractivity contribution in [3.05, 3.63) is 0 Å². The van der Waals surface area contributed by atoms with Crippen LogP contribution >= 0.6 is 0 Å². The van der Waals surface area contributed by atoms with Gasteiger partial charge in [-0.05, 0) is 25.8 Å². The molecular formula is C12H24N2O. The summed E-state index contributed by atoms with van der Waals surface area (Å²) in [5.74, 6) is 0. The van der Waals surface area contributed by atoms with Crippen LogP contribution in [0.1, 0.15) is 44.9 Å². The van der Waals surface area contributed by atoms with Gasteiger partial charge in [-0.15, -0.1) is 0 Å². The van der Waals surface area contributed by atoms with Crippen LogP contribution in [0.5, 0.6) is 0 Å². The van der Waals surface area contributed by atoms with E-state index in [1.165, 1.54) is 50.1 Å². The minimum absolute atomic E-state index is 0.805. The topological polar surface area (TPSA) is 26.7 Å².